The Morgan fingerprint density at radius 2 is 1.92 bits per heavy atom. The summed E-state index contributed by atoms with van der Waals surface area (Å²) in [6.07, 6.45) is 0. The predicted octanol–water partition coefficient (Wildman–Crippen LogP) is 2.64. The number of Topliss-reactive ketones (excluding diaryl/α,β-unsaturated/α-hetero) is 1. The van der Waals surface area contributed by atoms with Gasteiger partial charge in [0.25, 0.3) is 5.24 Å². The molecule has 4 heteroatoms. The predicted molar refractivity (Wildman–Crippen MR) is 54.8 cm³/mol. The SMILES string of the molecule is O=C(Cl)c1cccc(C(=O)CBr)c1. The Morgan fingerprint density at radius 1 is 1.31 bits per heavy atom. The lowest BCUT2D eigenvalue weighted by Crippen LogP contribution is -2.01. The summed E-state index contributed by atoms with van der Waals surface area (Å²) in [5, 5.41) is -0.309. The molecule has 0 aromatic heterocycles. The highest BCUT2D eigenvalue weighted by Crippen LogP contribution is 2.09. The molecule has 0 aliphatic heterocycles. The van der Waals surface area contributed by atoms with Crippen LogP contribution < -0.4 is 0 Å². The van der Waals surface area contributed by atoms with Crippen molar-refractivity contribution in [1.29, 1.82) is 0 Å². The fraction of sp³-hybridized carbons (Fsp3) is 0.111. The second-order valence-electron chi connectivity index (χ2n) is 2.41. The largest absolute Gasteiger partial charge is 0.293 e. The summed E-state index contributed by atoms with van der Waals surface area (Å²) in [5.41, 5.74) is 0.830. The molecule has 13 heavy (non-hydrogen) atoms. The number of hydrogen-bond donors (Lipinski definition) is 0. The number of halogens is 2. The molecule has 0 saturated carbocycles. The van der Waals surface area contributed by atoms with E-state index in [4.69, 9.17) is 11.6 Å². The summed E-state index contributed by atoms with van der Waals surface area (Å²) in [5.74, 6) is -0.0697. The van der Waals surface area contributed by atoms with Gasteiger partial charge in [-0.15, -0.1) is 0 Å². The normalized spacial score (nSPS) is 9.69. The van der Waals surface area contributed by atoms with E-state index in [1.807, 2.05) is 0 Å². The van der Waals surface area contributed by atoms with Crippen molar-refractivity contribution in [2.45, 2.75) is 0 Å². The lowest BCUT2D eigenvalue weighted by atomic mass is 10.1. The van der Waals surface area contributed by atoms with E-state index in [1.165, 1.54) is 6.07 Å². The zero-order chi connectivity index (χ0) is 9.84. The van der Waals surface area contributed by atoms with E-state index in [0.717, 1.165) is 0 Å². The number of hydrogen-bond acceptors (Lipinski definition) is 2. The van der Waals surface area contributed by atoms with Crippen LogP contribution in [0.3, 0.4) is 0 Å². The molecule has 0 amide bonds. The fourth-order valence-electron chi connectivity index (χ4n) is 0.892. The van der Waals surface area contributed by atoms with Crippen LogP contribution in [-0.2, 0) is 0 Å². The monoisotopic (exact) mass is 260 g/mol. The topological polar surface area (TPSA) is 34.1 Å². The first-order valence-electron chi connectivity index (χ1n) is 3.54. The van der Waals surface area contributed by atoms with Crippen LogP contribution in [0.5, 0.6) is 0 Å². The van der Waals surface area contributed by atoms with E-state index in [1.54, 1.807) is 18.2 Å². The van der Waals surface area contributed by atoms with Crippen LogP contribution in [0, 0.1) is 0 Å². The van der Waals surface area contributed by atoms with Crippen LogP contribution in [0.2, 0.25) is 0 Å². The second kappa shape index (κ2) is 4.53. The van der Waals surface area contributed by atoms with E-state index in [9.17, 15) is 9.59 Å². The molecule has 2 nitrogen and oxygen atoms in total. The van der Waals surface area contributed by atoms with Crippen LogP contribution in [0.25, 0.3) is 0 Å². The Kier molecular flexibility index (Phi) is 3.63. The molecule has 1 aromatic carbocycles. The van der Waals surface area contributed by atoms with Crippen molar-refractivity contribution >= 4 is 38.6 Å². The number of ketones is 1. The third-order valence-electron chi connectivity index (χ3n) is 1.53. The van der Waals surface area contributed by atoms with E-state index < -0.39 is 5.24 Å². The summed E-state index contributed by atoms with van der Waals surface area (Å²) in [4.78, 5) is 21.9. The summed E-state index contributed by atoms with van der Waals surface area (Å²) in [7, 11) is 0. The molecule has 0 spiro atoms. The van der Waals surface area contributed by atoms with Gasteiger partial charge in [-0.25, -0.2) is 0 Å². The number of rotatable bonds is 3. The Hall–Kier alpha value is -0.670. The quantitative estimate of drug-likeness (QED) is 0.476. The molecule has 1 rings (SSSR count). The number of alkyl halides is 1. The van der Waals surface area contributed by atoms with Crippen molar-refractivity contribution in [3.8, 4) is 0 Å². The van der Waals surface area contributed by atoms with Gasteiger partial charge in [-0.2, -0.15) is 0 Å². The summed E-state index contributed by atoms with van der Waals surface area (Å²) < 4.78 is 0. The maximum absolute atomic E-state index is 11.2. The average Bonchev–Trinajstić information content (AvgIpc) is 2.17. The molecule has 0 unspecified atom stereocenters. The van der Waals surface area contributed by atoms with Gasteiger partial charge in [-0.3, -0.25) is 9.59 Å². The lowest BCUT2D eigenvalue weighted by Gasteiger charge is -1.98. The molecule has 68 valence electrons. The van der Waals surface area contributed by atoms with Crippen molar-refractivity contribution in [2.24, 2.45) is 0 Å². The fourth-order valence-corrected chi connectivity index (χ4v) is 1.33. The van der Waals surface area contributed by atoms with Gasteiger partial charge in [0.2, 0.25) is 0 Å². The van der Waals surface area contributed by atoms with Crippen molar-refractivity contribution < 1.29 is 9.59 Å². The van der Waals surface area contributed by atoms with Gasteiger partial charge in [0.15, 0.2) is 5.78 Å². The molecule has 0 aliphatic rings. The summed E-state index contributed by atoms with van der Waals surface area (Å²) in [6.45, 7) is 0. The molecule has 0 aliphatic carbocycles. The summed E-state index contributed by atoms with van der Waals surface area (Å²) >= 11 is 8.31. The van der Waals surface area contributed by atoms with Crippen molar-refractivity contribution in [1.82, 2.24) is 0 Å². The van der Waals surface area contributed by atoms with Crippen LogP contribution in [0.15, 0.2) is 24.3 Å². The van der Waals surface area contributed by atoms with Crippen LogP contribution in [0.4, 0.5) is 0 Å². The highest BCUT2D eigenvalue weighted by Gasteiger charge is 2.06. The zero-order valence-electron chi connectivity index (χ0n) is 6.59. The minimum atomic E-state index is -0.552. The third kappa shape index (κ3) is 2.64. The van der Waals surface area contributed by atoms with Crippen molar-refractivity contribution in [2.75, 3.05) is 5.33 Å². The van der Waals surface area contributed by atoms with Gasteiger partial charge in [-0.1, -0.05) is 34.1 Å². The molecular weight excluding hydrogens is 255 g/mol. The third-order valence-corrected chi connectivity index (χ3v) is 2.26. The van der Waals surface area contributed by atoms with Gasteiger partial charge in [0.1, 0.15) is 0 Å². The van der Waals surface area contributed by atoms with E-state index in [-0.39, 0.29) is 11.1 Å². The van der Waals surface area contributed by atoms with Crippen LogP contribution in [-0.4, -0.2) is 16.4 Å². The van der Waals surface area contributed by atoms with Crippen LogP contribution in [0.1, 0.15) is 20.7 Å². The minimum absolute atomic E-state index is 0.0697. The highest BCUT2D eigenvalue weighted by atomic mass is 79.9. The van der Waals surface area contributed by atoms with Gasteiger partial charge in [-0.05, 0) is 17.7 Å². The molecule has 0 fully saturated rings. The van der Waals surface area contributed by atoms with E-state index >= 15 is 0 Å². The Balaban J connectivity index is 3.05. The first kappa shape index (κ1) is 10.4. The molecule has 0 heterocycles. The van der Waals surface area contributed by atoms with E-state index in [2.05, 4.69) is 15.9 Å². The Morgan fingerprint density at radius 3 is 2.46 bits per heavy atom. The van der Waals surface area contributed by atoms with Crippen molar-refractivity contribution in [3.63, 3.8) is 0 Å². The molecule has 0 bridgehead atoms. The van der Waals surface area contributed by atoms with Gasteiger partial charge < -0.3 is 0 Å². The average molecular weight is 262 g/mol. The smallest absolute Gasteiger partial charge is 0.252 e. The van der Waals surface area contributed by atoms with Gasteiger partial charge in [0.05, 0.1) is 5.33 Å². The first-order valence-corrected chi connectivity index (χ1v) is 5.04. The van der Waals surface area contributed by atoms with Crippen molar-refractivity contribution in [3.05, 3.63) is 35.4 Å². The molecular formula is C9H6BrClO2. The molecule has 0 radical (unpaired) electrons. The summed E-state index contributed by atoms with van der Waals surface area (Å²) in [6, 6.07) is 6.33. The maximum Gasteiger partial charge on any atom is 0.252 e. The standard InChI is InChI=1S/C9H6BrClO2/c10-5-8(12)6-2-1-3-7(4-6)9(11)13/h1-4H,5H2. The second-order valence-corrected chi connectivity index (χ2v) is 3.32. The van der Waals surface area contributed by atoms with Crippen LogP contribution >= 0.6 is 27.5 Å². The van der Waals surface area contributed by atoms with Gasteiger partial charge >= 0.3 is 0 Å². The Labute approximate surface area is 89.0 Å². The lowest BCUT2D eigenvalue weighted by molar-refractivity contribution is 0.102. The molecule has 0 N–H and O–H groups in total. The molecule has 0 atom stereocenters. The molecule has 1 aromatic rings. The first-order chi connectivity index (χ1) is 6.15. The Bertz CT molecular complexity index is 349. The highest BCUT2D eigenvalue weighted by molar-refractivity contribution is 9.09. The van der Waals surface area contributed by atoms with Gasteiger partial charge in [0, 0.05) is 11.1 Å². The number of carbonyl (C=O) groups excluding carboxylic acids is 2. The maximum atomic E-state index is 11.2. The number of carbonyl (C=O) groups is 2. The molecule has 0 saturated heterocycles. The zero-order valence-corrected chi connectivity index (χ0v) is 8.93. The minimum Gasteiger partial charge on any atom is -0.293 e. The number of benzene rings is 1. The van der Waals surface area contributed by atoms with E-state index in [0.29, 0.717) is 11.1 Å².